The van der Waals surface area contributed by atoms with Crippen molar-refractivity contribution in [1.82, 2.24) is 10.6 Å². The molecule has 0 saturated carbocycles. The van der Waals surface area contributed by atoms with Gasteiger partial charge in [-0.15, -0.1) is 0 Å². The second kappa shape index (κ2) is 7.11. The second-order valence-electron chi connectivity index (χ2n) is 5.35. The van der Waals surface area contributed by atoms with Crippen LogP contribution in [0.2, 0.25) is 0 Å². The summed E-state index contributed by atoms with van der Waals surface area (Å²) < 4.78 is 0. The molecule has 1 aliphatic heterocycles. The highest BCUT2D eigenvalue weighted by Gasteiger charge is 2.14. The molecule has 0 saturated heterocycles. The molecule has 2 amide bonds. The molecule has 0 aromatic heterocycles. The van der Waals surface area contributed by atoms with Crippen molar-refractivity contribution < 1.29 is 9.59 Å². The molecule has 21 heavy (non-hydrogen) atoms. The number of nitrogens with zero attached hydrogens (tertiary/aromatic N) is 1. The smallest absolute Gasteiger partial charge is 0.309 e. The number of anilines is 1. The van der Waals surface area contributed by atoms with Crippen LogP contribution in [0.1, 0.15) is 24.5 Å². The number of carbonyl (C=O) groups excluding carboxylic acids is 2. The van der Waals surface area contributed by atoms with Crippen molar-refractivity contribution in [3.05, 3.63) is 29.3 Å². The fraction of sp³-hybridized carbons (Fsp3) is 0.500. The van der Waals surface area contributed by atoms with Crippen LogP contribution in [-0.4, -0.2) is 38.5 Å². The molecule has 2 rings (SSSR count). The molecule has 1 aromatic carbocycles. The summed E-state index contributed by atoms with van der Waals surface area (Å²) in [6.45, 7) is 3.83. The van der Waals surface area contributed by atoms with Gasteiger partial charge in [0.1, 0.15) is 0 Å². The number of aryl methyl sites for hydroxylation is 1. The predicted octanol–water partition coefficient (Wildman–Crippen LogP) is 0.864. The molecule has 2 N–H and O–H groups in total. The summed E-state index contributed by atoms with van der Waals surface area (Å²) in [6, 6.07) is 6.46. The Hall–Kier alpha value is -2.04. The van der Waals surface area contributed by atoms with Crippen LogP contribution in [0.15, 0.2) is 18.2 Å². The fourth-order valence-electron chi connectivity index (χ4n) is 2.64. The largest absolute Gasteiger partial charge is 0.374 e. The van der Waals surface area contributed by atoms with Gasteiger partial charge in [-0.3, -0.25) is 9.59 Å². The van der Waals surface area contributed by atoms with Gasteiger partial charge in [-0.1, -0.05) is 12.1 Å². The van der Waals surface area contributed by atoms with E-state index in [1.54, 1.807) is 6.92 Å². The third-order valence-corrected chi connectivity index (χ3v) is 3.74. The molecule has 5 nitrogen and oxygen atoms in total. The Labute approximate surface area is 125 Å². The molecule has 0 bridgehead atoms. The minimum atomic E-state index is -0.565. The van der Waals surface area contributed by atoms with Crippen LogP contribution in [0.25, 0.3) is 0 Å². The van der Waals surface area contributed by atoms with Gasteiger partial charge in [0.15, 0.2) is 0 Å². The van der Waals surface area contributed by atoms with Crippen LogP contribution in [-0.2, 0) is 22.4 Å². The van der Waals surface area contributed by atoms with Gasteiger partial charge in [-0.2, -0.15) is 0 Å². The van der Waals surface area contributed by atoms with E-state index in [-0.39, 0.29) is 0 Å². The number of amides is 2. The Morgan fingerprint density at radius 3 is 2.76 bits per heavy atom. The first kappa shape index (κ1) is 15.4. The van der Waals surface area contributed by atoms with Crippen LogP contribution < -0.4 is 15.5 Å². The SMILES string of the molecule is CCNC(=O)C(=O)NCCc1ccc2c(c1)CCCN2C. The van der Waals surface area contributed by atoms with Gasteiger partial charge in [-0.05, 0) is 43.4 Å². The maximum absolute atomic E-state index is 11.5. The highest BCUT2D eigenvalue weighted by Crippen LogP contribution is 2.26. The lowest BCUT2D eigenvalue weighted by atomic mass is 9.98. The number of carbonyl (C=O) groups is 2. The topological polar surface area (TPSA) is 61.4 Å². The van der Waals surface area contributed by atoms with Crippen molar-refractivity contribution in [3.63, 3.8) is 0 Å². The van der Waals surface area contributed by atoms with Crippen LogP contribution in [0, 0.1) is 0 Å². The third-order valence-electron chi connectivity index (χ3n) is 3.74. The van der Waals surface area contributed by atoms with Crippen molar-refractivity contribution >= 4 is 17.5 Å². The number of nitrogens with one attached hydrogen (secondary N) is 2. The van der Waals surface area contributed by atoms with Crippen molar-refractivity contribution in [2.75, 3.05) is 31.6 Å². The molecule has 114 valence electrons. The van der Waals surface area contributed by atoms with E-state index < -0.39 is 11.8 Å². The van der Waals surface area contributed by atoms with Gasteiger partial charge < -0.3 is 15.5 Å². The Balaban J connectivity index is 1.87. The molecule has 0 atom stereocenters. The van der Waals surface area contributed by atoms with Gasteiger partial charge in [0.2, 0.25) is 0 Å². The predicted molar refractivity (Wildman–Crippen MR) is 83.4 cm³/mol. The summed E-state index contributed by atoms with van der Waals surface area (Å²) >= 11 is 0. The lowest BCUT2D eigenvalue weighted by Gasteiger charge is -2.27. The summed E-state index contributed by atoms with van der Waals surface area (Å²) in [5.41, 5.74) is 3.87. The van der Waals surface area contributed by atoms with Crippen LogP contribution in [0.4, 0.5) is 5.69 Å². The minimum Gasteiger partial charge on any atom is -0.374 e. The maximum Gasteiger partial charge on any atom is 0.309 e. The monoisotopic (exact) mass is 289 g/mol. The zero-order chi connectivity index (χ0) is 15.2. The van der Waals surface area contributed by atoms with Crippen LogP contribution >= 0.6 is 0 Å². The molecular formula is C16H23N3O2. The molecule has 1 aliphatic rings. The Bertz CT molecular complexity index is 528. The lowest BCUT2D eigenvalue weighted by Crippen LogP contribution is -2.40. The highest BCUT2D eigenvalue weighted by atomic mass is 16.2. The molecule has 1 heterocycles. The van der Waals surface area contributed by atoms with Crippen molar-refractivity contribution in [2.24, 2.45) is 0 Å². The second-order valence-corrected chi connectivity index (χ2v) is 5.35. The number of benzene rings is 1. The van der Waals surface area contributed by atoms with E-state index >= 15 is 0 Å². The average Bonchev–Trinajstić information content (AvgIpc) is 2.47. The first-order valence-electron chi connectivity index (χ1n) is 7.50. The normalized spacial score (nSPS) is 13.5. The highest BCUT2D eigenvalue weighted by molar-refractivity contribution is 6.35. The molecule has 0 radical (unpaired) electrons. The average molecular weight is 289 g/mol. The lowest BCUT2D eigenvalue weighted by molar-refractivity contribution is -0.139. The minimum absolute atomic E-state index is 0.463. The van der Waals surface area contributed by atoms with E-state index in [0.29, 0.717) is 13.1 Å². The summed E-state index contributed by atoms with van der Waals surface area (Å²) in [5, 5.41) is 5.13. The van der Waals surface area contributed by atoms with Crippen LogP contribution in [0.3, 0.4) is 0 Å². The standard InChI is InChI=1S/C16H23N3O2/c1-3-17-15(20)16(21)18-9-8-12-6-7-14-13(11-12)5-4-10-19(14)2/h6-7,11H,3-5,8-10H2,1-2H3,(H,17,20)(H,18,21). The molecule has 1 aromatic rings. The van der Waals surface area contributed by atoms with E-state index in [9.17, 15) is 9.59 Å². The van der Waals surface area contributed by atoms with Gasteiger partial charge in [-0.25, -0.2) is 0 Å². The summed E-state index contributed by atoms with van der Waals surface area (Å²) in [4.78, 5) is 25.0. The number of likely N-dealkylation sites (N-methyl/N-ethyl adjacent to an activating group) is 1. The zero-order valence-corrected chi connectivity index (χ0v) is 12.7. The van der Waals surface area contributed by atoms with Gasteiger partial charge in [0, 0.05) is 32.4 Å². The van der Waals surface area contributed by atoms with E-state index in [1.807, 2.05) is 0 Å². The number of fused-ring (bicyclic) bond motifs is 1. The number of hydrogen-bond acceptors (Lipinski definition) is 3. The van der Waals surface area contributed by atoms with Gasteiger partial charge in [0.05, 0.1) is 0 Å². The first-order chi connectivity index (χ1) is 10.1. The number of rotatable bonds is 4. The Morgan fingerprint density at radius 1 is 1.24 bits per heavy atom. The Morgan fingerprint density at radius 2 is 2.00 bits per heavy atom. The Kier molecular flexibility index (Phi) is 5.20. The quantitative estimate of drug-likeness (QED) is 0.808. The summed E-state index contributed by atoms with van der Waals surface area (Å²) in [6.07, 6.45) is 3.03. The molecular weight excluding hydrogens is 266 g/mol. The van der Waals surface area contributed by atoms with Crippen LogP contribution in [0.5, 0.6) is 0 Å². The van der Waals surface area contributed by atoms with E-state index in [2.05, 4.69) is 40.8 Å². The third kappa shape index (κ3) is 3.97. The van der Waals surface area contributed by atoms with Crippen molar-refractivity contribution in [1.29, 1.82) is 0 Å². The zero-order valence-electron chi connectivity index (χ0n) is 12.7. The summed E-state index contributed by atoms with van der Waals surface area (Å²) in [7, 11) is 2.12. The molecule has 0 unspecified atom stereocenters. The van der Waals surface area contributed by atoms with E-state index in [1.165, 1.54) is 23.2 Å². The molecule has 5 heteroatoms. The fourth-order valence-corrected chi connectivity index (χ4v) is 2.64. The van der Waals surface area contributed by atoms with E-state index in [4.69, 9.17) is 0 Å². The van der Waals surface area contributed by atoms with Crippen molar-refractivity contribution in [2.45, 2.75) is 26.2 Å². The maximum atomic E-state index is 11.5. The number of hydrogen-bond donors (Lipinski definition) is 2. The van der Waals surface area contributed by atoms with Gasteiger partial charge >= 0.3 is 11.8 Å². The first-order valence-corrected chi connectivity index (χ1v) is 7.50. The summed E-state index contributed by atoms with van der Waals surface area (Å²) in [5.74, 6) is -1.13. The van der Waals surface area contributed by atoms with E-state index in [0.717, 1.165) is 19.4 Å². The molecule has 0 spiro atoms. The van der Waals surface area contributed by atoms with Gasteiger partial charge in [0.25, 0.3) is 0 Å². The van der Waals surface area contributed by atoms with Crippen molar-refractivity contribution in [3.8, 4) is 0 Å². The molecule has 0 aliphatic carbocycles. The molecule has 0 fully saturated rings.